The molecule has 0 saturated carbocycles. The lowest BCUT2D eigenvalue weighted by Gasteiger charge is -2.10. The van der Waals surface area contributed by atoms with Gasteiger partial charge in [0.15, 0.2) is 0 Å². The SMILES string of the molecule is CCC(C#N)NC(=O)c1c(F)cc(F)cc1F. The van der Waals surface area contributed by atoms with Crippen LogP contribution in [-0.2, 0) is 0 Å². The maximum Gasteiger partial charge on any atom is 0.258 e. The molecule has 1 unspecified atom stereocenters. The van der Waals surface area contributed by atoms with Crippen LogP contribution in [0.25, 0.3) is 0 Å². The van der Waals surface area contributed by atoms with E-state index in [9.17, 15) is 18.0 Å². The van der Waals surface area contributed by atoms with Gasteiger partial charge in [-0.15, -0.1) is 0 Å². The number of rotatable bonds is 3. The van der Waals surface area contributed by atoms with Crippen LogP contribution in [0.3, 0.4) is 0 Å². The van der Waals surface area contributed by atoms with E-state index in [-0.39, 0.29) is 0 Å². The molecule has 1 aromatic rings. The molecule has 1 amide bonds. The Hall–Kier alpha value is -2.03. The standard InChI is InChI=1S/C11H9F3N2O/c1-2-7(5-15)16-11(17)10-8(13)3-6(12)4-9(10)14/h3-4,7H,2H2,1H3,(H,16,17). The second kappa shape index (κ2) is 5.34. The van der Waals surface area contributed by atoms with E-state index in [1.807, 2.05) is 0 Å². The molecule has 0 saturated heterocycles. The molecule has 90 valence electrons. The largest absolute Gasteiger partial charge is 0.336 e. The van der Waals surface area contributed by atoms with Crippen LogP contribution in [0.5, 0.6) is 0 Å². The van der Waals surface area contributed by atoms with Crippen molar-refractivity contribution in [2.24, 2.45) is 0 Å². The van der Waals surface area contributed by atoms with Gasteiger partial charge in [-0.3, -0.25) is 4.79 Å². The fourth-order valence-corrected chi connectivity index (χ4v) is 1.22. The Morgan fingerprint density at radius 3 is 2.35 bits per heavy atom. The second-order valence-corrected chi connectivity index (χ2v) is 3.31. The molecule has 0 fully saturated rings. The summed E-state index contributed by atoms with van der Waals surface area (Å²) >= 11 is 0. The Kier molecular flexibility index (Phi) is 4.10. The lowest BCUT2D eigenvalue weighted by Crippen LogP contribution is -2.34. The summed E-state index contributed by atoms with van der Waals surface area (Å²) in [5.74, 6) is -4.78. The van der Waals surface area contributed by atoms with Crippen molar-refractivity contribution < 1.29 is 18.0 Å². The molecular weight excluding hydrogens is 233 g/mol. The van der Waals surface area contributed by atoms with Crippen LogP contribution in [0.4, 0.5) is 13.2 Å². The third kappa shape index (κ3) is 2.97. The molecule has 1 atom stereocenters. The minimum absolute atomic E-state index is 0.298. The average Bonchev–Trinajstić information content (AvgIpc) is 2.24. The van der Waals surface area contributed by atoms with E-state index < -0.39 is 35.0 Å². The Bertz CT molecular complexity index is 459. The topological polar surface area (TPSA) is 52.9 Å². The molecule has 0 aliphatic heterocycles. The van der Waals surface area contributed by atoms with Crippen LogP contribution in [0.1, 0.15) is 23.7 Å². The van der Waals surface area contributed by atoms with Gasteiger partial charge in [0.1, 0.15) is 29.1 Å². The van der Waals surface area contributed by atoms with Gasteiger partial charge >= 0.3 is 0 Å². The first-order valence-corrected chi connectivity index (χ1v) is 4.84. The van der Waals surface area contributed by atoms with Crippen molar-refractivity contribution in [1.29, 1.82) is 5.26 Å². The lowest BCUT2D eigenvalue weighted by atomic mass is 10.1. The van der Waals surface area contributed by atoms with Crippen molar-refractivity contribution in [3.63, 3.8) is 0 Å². The molecule has 0 aliphatic carbocycles. The molecular formula is C11H9F3N2O. The summed E-state index contributed by atoms with van der Waals surface area (Å²) in [6.07, 6.45) is 0.298. The first-order chi connectivity index (χ1) is 7.99. The number of halogens is 3. The van der Waals surface area contributed by atoms with Crippen LogP contribution in [0.2, 0.25) is 0 Å². The first kappa shape index (κ1) is 13.0. The Balaban J connectivity index is 3.02. The third-order valence-electron chi connectivity index (χ3n) is 2.10. The van der Waals surface area contributed by atoms with Gasteiger partial charge in [0, 0.05) is 12.1 Å². The monoisotopic (exact) mass is 242 g/mol. The number of amides is 1. The van der Waals surface area contributed by atoms with E-state index in [0.717, 1.165) is 0 Å². The summed E-state index contributed by atoms with van der Waals surface area (Å²) < 4.78 is 39.0. The number of nitrogens with one attached hydrogen (secondary N) is 1. The quantitative estimate of drug-likeness (QED) is 0.882. The van der Waals surface area contributed by atoms with E-state index in [0.29, 0.717) is 18.6 Å². The zero-order chi connectivity index (χ0) is 13.0. The molecule has 3 nitrogen and oxygen atoms in total. The summed E-state index contributed by atoms with van der Waals surface area (Å²) in [6.45, 7) is 1.63. The highest BCUT2D eigenvalue weighted by atomic mass is 19.1. The van der Waals surface area contributed by atoms with Gasteiger partial charge < -0.3 is 5.32 Å². The van der Waals surface area contributed by atoms with Crippen LogP contribution >= 0.6 is 0 Å². The molecule has 0 radical (unpaired) electrons. The van der Waals surface area contributed by atoms with E-state index in [4.69, 9.17) is 5.26 Å². The number of hydrogen-bond donors (Lipinski definition) is 1. The molecule has 0 aliphatic rings. The van der Waals surface area contributed by atoms with Crippen molar-refractivity contribution in [2.45, 2.75) is 19.4 Å². The highest BCUT2D eigenvalue weighted by molar-refractivity contribution is 5.95. The average molecular weight is 242 g/mol. The van der Waals surface area contributed by atoms with Crippen LogP contribution in [-0.4, -0.2) is 11.9 Å². The molecule has 0 spiro atoms. The summed E-state index contributed by atoms with van der Waals surface area (Å²) in [7, 11) is 0. The van der Waals surface area contributed by atoms with Gasteiger partial charge in [0.25, 0.3) is 5.91 Å². The van der Waals surface area contributed by atoms with Gasteiger partial charge in [-0.1, -0.05) is 6.92 Å². The van der Waals surface area contributed by atoms with Crippen LogP contribution in [0, 0.1) is 28.8 Å². The van der Waals surface area contributed by atoms with Crippen molar-refractivity contribution in [1.82, 2.24) is 5.32 Å². The van der Waals surface area contributed by atoms with E-state index >= 15 is 0 Å². The van der Waals surface area contributed by atoms with Gasteiger partial charge in [-0.05, 0) is 6.42 Å². The summed E-state index contributed by atoms with van der Waals surface area (Å²) in [6, 6.07) is 1.73. The van der Waals surface area contributed by atoms with Gasteiger partial charge in [-0.25, -0.2) is 13.2 Å². The van der Waals surface area contributed by atoms with E-state index in [1.165, 1.54) is 0 Å². The lowest BCUT2D eigenvalue weighted by molar-refractivity contribution is 0.0936. The predicted molar refractivity (Wildman–Crippen MR) is 53.5 cm³/mol. The maximum atomic E-state index is 13.2. The van der Waals surface area contributed by atoms with Crippen molar-refractivity contribution >= 4 is 5.91 Å². The third-order valence-corrected chi connectivity index (χ3v) is 2.10. The van der Waals surface area contributed by atoms with Gasteiger partial charge in [-0.2, -0.15) is 5.26 Å². The van der Waals surface area contributed by atoms with Crippen molar-refractivity contribution in [3.05, 3.63) is 35.1 Å². The molecule has 1 aromatic carbocycles. The first-order valence-electron chi connectivity index (χ1n) is 4.84. The normalized spacial score (nSPS) is 11.7. The Morgan fingerprint density at radius 2 is 1.94 bits per heavy atom. The molecule has 0 heterocycles. The zero-order valence-electron chi connectivity index (χ0n) is 8.93. The zero-order valence-corrected chi connectivity index (χ0v) is 8.93. The number of nitriles is 1. The Labute approximate surface area is 95.9 Å². The van der Waals surface area contributed by atoms with Crippen molar-refractivity contribution in [3.8, 4) is 6.07 Å². The molecule has 1 N–H and O–H groups in total. The number of benzene rings is 1. The summed E-state index contributed by atoms with van der Waals surface area (Å²) in [5, 5.41) is 10.7. The minimum atomic E-state index is -1.30. The number of hydrogen-bond acceptors (Lipinski definition) is 2. The molecule has 6 heteroatoms. The number of nitrogens with zero attached hydrogens (tertiary/aromatic N) is 1. The van der Waals surface area contributed by atoms with Gasteiger partial charge in [0.05, 0.1) is 6.07 Å². The van der Waals surface area contributed by atoms with Crippen LogP contribution in [0.15, 0.2) is 12.1 Å². The van der Waals surface area contributed by atoms with Gasteiger partial charge in [0.2, 0.25) is 0 Å². The summed E-state index contributed by atoms with van der Waals surface area (Å²) in [5.41, 5.74) is -0.889. The number of carbonyl (C=O) groups is 1. The molecule has 1 rings (SSSR count). The fraction of sp³-hybridized carbons (Fsp3) is 0.273. The second-order valence-electron chi connectivity index (χ2n) is 3.31. The smallest absolute Gasteiger partial charge is 0.258 e. The number of carbonyl (C=O) groups excluding carboxylic acids is 1. The predicted octanol–water partition coefficient (Wildman–Crippen LogP) is 2.14. The van der Waals surface area contributed by atoms with Crippen molar-refractivity contribution in [2.75, 3.05) is 0 Å². The van der Waals surface area contributed by atoms with E-state index in [2.05, 4.69) is 5.32 Å². The summed E-state index contributed by atoms with van der Waals surface area (Å²) in [4.78, 5) is 11.5. The highest BCUT2D eigenvalue weighted by Crippen LogP contribution is 2.14. The van der Waals surface area contributed by atoms with E-state index in [1.54, 1.807) is 13.0 Å². The molecule has 0 aromatic heterocycles. The minimum Gasteiger partial charge on any atom is -0.336 e. The molecule has 17 heavy (non-hydrogen) atoms. The highest BCUT2D eigenvalue weighted by Gasteiger charge is 2.20. The Morgan fingerprint density at radius 1 is 1.41 bits per heavy atom. The fourth-order valence-electron chi connectivity index (χ4n) is 1.22. The maximum absolute atomic E-state index is 13.2. The molecule has 0 bridgehead atoms. The van der Waals surface area contributed by atoms with Crippen LogP contribution < -0.4 is 5.32 Å².